The predicted molar refractivity (Wildman–Crippen MR) is 151 cm³/mol. The van der Waals surface area contributed by atoms with Crippen molar-refractivity contribution in [1.82, 2.24) is 9.88 Å². The molecule has 0 aliphatic carbocycles. The molecule has 12 heteroatoms. The first kappa shape index (κ1) is 29.7. The number of pyridine rings is 1. The van der Waals surface area contributed by atoms with Crippen LogP contribution in [0.5, 0.6) is 5.75 Å². The summed E-state index contributed by atoms with van der Waals surface area (Å²) >= 11 is 5.56. The zero-order chi connectivity index (χ0) is 29.7. The van der Waals surface area contributed by atoms with Gasteiger partial charge in [0.05, 0.1) is 12.8 Å². The number of rotatable bonds is 5. The minimum Gasteiger partial charge on any atom is -0.497 e. The van der Waals surface area contributed by atoms with Gasteiger partial charge in [0.15, 0.2) is 5.82 Å². The molecule has 3 heterocycles. The Kier molecular flexibility index (Phi) is 9.37. The van der Waals surface area contributed by atoms with E-state index < -0.39 is 23.5 Å². The van der Waals surface area contributed by atoms with Crippen molar-refractivity contribution in [2.75, 3.05) is 56.7 Å². The number of amides is 2. The second kappa shape index (κ2) is 12.9. The number of likely N-dealkylation sites (N-methyl/N-ethyl adjacent to an activating group) is 1. The topological polar surface area (TPSA) is 116 Å². The summed E-state index contributed by atoms with van der Waals surface area (Å²) in [5.41, 5.74) is 6.33. The fraction of sp³-hybridized carbons (Fsp3) is 0.310. The van der Waals surface area contributed by atoms with Crippen molar-refractivity contribution in [3.05, 3.63) is 82.0 Å². The van der Waals surface area contributed by atoms with E-state index in [2.05, 4.69) is 20.9 Å². The van der Waals surface area contributed by atoms with Crippen molar-refractivity contribution in [3.8, 4) is 11.8 Å². The number of aromatic nitrogens is 1. The highest BCUT2D eigenvalue weighted by Crippen LogP contribution is 2.38. The van der Waals surface area contributed by atoms with E-state index in [0.29, 0.717) is 16.1 Å². The number of primary amides is 1. The van der Waals surface area contributed by atoms with Gasteiger partial charge in [-0.05, 0) is 37.4 Å². The Balaban J connectivity index is 0.000000328. The van der Waals surface area contributed by atoms with E-state index in [1.54, 1.807) is 36.5 Å². The minimum absolute atomic E-state index is 0.0485. The number of benzene rings is 2. The molecule has 9 nitrogen and oxygen atoms in total. The van der Waals surface area contributed by atoms with Gasteiger partial charge >= 0.3 is 0 Å². The molecule has 41 heavy (non-hydrogen) atoms. The normalized spacial score (nSPS) is 17.1. The standard InChI is InChI=1S/C22H23F2N5O2.C7H6ClNO/c1-27-5-7-28(8-6-27)19-3-4-26-22(16(19)12-25)29-13-14(9-20(29)30)21-17(23)10-15(31-2)11-18(21)24;8-6-3-1-5(2-4-6)7(9)10/h3-4,10-11,14H,5-9,13H2,1-2H3;1-4H,(H2,9,10). The number of methoxy groups -OCH3 is 1. The Morgan fingerprint density at radius 2 is 1.76 bits per heavy atom. The monoisotopic (exact) mass is 582 g/mol. The molecule has 2 fully saturated rings. The second-order valence-corrected chi connectivity index (χ2v) is 10.1. The summed E-state index contributed by atoms with van der Waals surface area (Å²) in [6.45, 7) is 3.29. The maximum atomic E-state index is 14.6. The van der Waals surface area contributed by atoms with Crippen LogP contribution >= 0.6 is 11.6 Å². The summed E-state index contributed by atoms with van der Waals surface area (Å²) < 4.78 is 34.0. The van der Waals surface area contributed by atoms with Crippen molar-refractivity contribution >= 4 is 34.9 Å². The fourth-order valence-electron chi connectivity index (χ4n) is 4.85. The molecule has 1 unspecified atom stereocenters. The maximum absolute atomic E-state index is 14.6. The quantitative estimate of drug-likeness (QED) is 0.484. The number of halogens is 3. The number of piperazine rings is 1. The molecule has 0 saturated carbocycles. The molecule has 0 spiro atoms. The van der Waals surface area contributed by atoms with Gasteiger partial charge in [-0.3, -0.25) is 14.5 Å². The van der Waals surface area contributed by atoms with Crippen molar-refractivity contribution in [3.63, 3.8) is 0 Å². The van der Waals surface area contributed by atoms with Crippen molar-refractivity contribution < 1.29 is 23.1 Å². The van der Waals surface area contributed by atoms with Crippen LogP contribution in [0.25, 0.3) is 0 Å². The van der Waals surface area contributed by atoms with Crippen LogP contribution in [0, 0.1) is 23.0 Å². The van der Waals surface area contributed by atoms with E-state index in [9.17, 15) is 23.6 Å². The summed E-state index contributed by atoms with van der Waals surface area (Å²) in [5, 5.41) is 10.5. The molecule has 2 saturated heterocycles. The van der Waals surface area contributed by atoms with Crippen LogP contribution < -0.4 is 20.3 Å². The van der Waals surface area contributed by atoms with Gasteiger partial charge in [0.25, 0.3) is 0 Å². The number of hydrogen-bond donors (Lipinski definition) is 1. The largest absolute Gasteiger partial charge is 0.497 e. The molecule has 2 amide bonds. The van der Waals surface area contributed by atoms with Crippen LogP contribution in [0.15, 0.2) is 48.7 Å². The molecule has 2 aliphatic rings. The number of hydrogen-bond acceptors (Lipinski definition) is 7. The number of ether oxygens (including phenoxy) is 1. The number of carbonyl (C=O) groups is 2. The Bertz CT molecular complexity index is 1450. The van der Waals surface area contributed by atoms with Gasteiger partial charge < -0.3 is 20.3 Å². The van der Waals surface area contributed by atoms with Crippen LogP contribution in [0.1, 0.15) is 33.8 Å². The average Bonchev–Trinajstić information content (AvgIpc) is 3.33. The highest BCUT2D eigenvalue weighted by Gasteiger charge is 2.37. The summed E-state index contributed by atoms with van der Waals surface area (Å²) in [6.07, 6.45) is 1.50. The molecule has 3 aromatic rings. The van der Waals surface area contributed by atoms with Crippen molar-refractivity contribution in [2.45, 2.75) is 12.3 Å². The van der Waals surface area contributed by atoms with Crippen LogP contribution in [-0.2, 0) is 4.79 Å². The lowest BCUT2D eigenvalue weighted by Crippen LogP contribution is -2.45. The second-order valence-electron chi connectivity index (χ2n) is 9.71. The Labute approximate surface area is 241 Å². The number of nitrogens with zero attached hydrogens (tertiary/aromatic N) is 5. The molecule has 2 aliphatic heterocycles. The molecule has 0 radical (unpaired) electrons. The van der Waals surface area contributed by atoms with E-state index in [4.69, 9.17) is 22.1 Å². The van der Waals surface area contributed by atoms with Gasteiger partial charge in [0.1, 0.15) is 29.0 Å². The predicted octanol–water partition coefficient (Wildman–Crippen LogP) is 3.95. The first-order valence-electron chi connectivity index (χ1n) is 12.8. The smallest absolute Gasteiger partial charge is 0.248 e. The Morgan fingerprint density at radius 1 is 1.12 bits per heavy atom. The van der Waals surface area contributed by atoms with E-state index in [1.807, 2.05) is 7.05 Å². The SMILES string of the molecule is COc1cc(F)c(C2CC(=O)N(c3nccc(N4CCN(C)CC4)c3C#N)C2)c(F)c1.NC(=O)c1ccc(Cl)cc1. The van der Waals surface area contributed by atoms with Gasteiger partial charge in [-0.1, -0.05) is 11.6 Å². The van der Waals surface area contributed by atoms with Gasteiger partial charge in [-0.15, -0.1) is 0 Å². The number of anilines is 2. The third-order valence-corrected chi connectivity index (χ3v) is 7.32. The lowest BCUT2D eigenvalue weighted by atomic mass is 9.97. The molecular weight excluding hydrogens is 554 g/mol. The van der Waals surface area contributed by atoms with Crippen LogP contribution in [-0.4, -0.2) is 68.6 Å². The average molecular weight is 583 g/mol. The van der Waals surface area contributed by atoms with Crippen LogP contribution in [0.4, 0.5) is 20.3 Å². The van der Waals surface area contributed by atoms with Gasteiger partial charge in [0, 0.05) is 79.5 Å². The molecular formula is C29H29ClF2N6O3. The molecule has 214 valence electrons. The number of nitrogens with two attached hydrogens (primary N) is 1. The van der Waals surface area contributed by atoms with E-state index in [1.165, 1.54) is 12.0 Å². The molecule has 0 bridgehead atoms. The lowest BCUT2D eigenvalue weighted by Gasteiger charge is -2.35. The third-order valence-electron chi connectivity index (χ3n) is 7.07. The minimum atomic E-state index is -0.754. The first-order chi connectivity index (χ1) is 19.6. The zero-order valence-electron chi connectivity index (χ0n) is 22.6. The number of carbonyl (C=O) groups excluding carboxylic acids is 2. The summed E-state index contributed by atoms with van der Waals surface area (Å²) in [6, 6.07) is 12.6. The van der Waals surface area contributed by atoms with Gasteiger partial charge in [-0.25, -0.2) is 13.8 Å². The Morgan fingerprint density at radius 3 is 2.32 bits per heavy atom. The van der Waals surface area contributed by atoms with Crippen molar-refractivity contribution in [2.24, 2.45) is 5.73 Å². The van der Waals surface area contributed by atoms with Crippen molar-refractivity contribution in [1.29, 1.82) is 5.26 Å². The molecule has 2 aromatic carbocycles. The molecule has 5 rings (SSSR count). The summed E-state index contributed by atoms with van der Waals surface area (Å²) in [7, 11) is 3.37. The third kappa shape index (κ3) is 6.73. The molecule has 2 N–H and O–H groups in total. The molecule has 1 atom stereocenters. The van der Waals surface area contributed by atoms with Crippen LogP contribution in [0.3, 0.4) is 0 Å². The summed E-state index contributed by atoms with van der Waals surface area (Å²) in [4.78, 5) is 33.2. The van der Waals surface area contributed by atoms with E-state index >= 15 is 0 Å². The van der Waals surface area contributed by atoms with E-state index in [0.717, 1.165) is 44.0 Å². The Hall–Kier alpha value is -4.27. The van der Waals surface area contributed by atoms with Gasteiger partial charge in [0.2, 0.25) is 11.8 Å². The maximum Gasteiger partial charge on any atom is 0.248 e. The summed E-state index contributed by atoms with van der Waals surface area (Å²) in [5.74, 6) is -2.63. The highest BCUT2D eigenvalue weighted by molar-refractivity contribution is 6.30. The molecule has 1 aromatic heterocycles. The van der Waals surface area contributed by atoms with Crippen LogP contribution in [0.2, 0.25) is 5.02 Å². The lowest BCUT2D eigenvalue weighted by molar-refractivity contribution is -0.117. The zero-order valence-corrected chi connectivity index (χ0v) is 23.4. The fourth-order valence-corrected chi connectivity index (χ4v) is 4.98. The first-order valence-corrected chi connectivity index (χ1v) is 13.2. The highest BCUT2D eigenvalue weighted by atomic mass is 35.5. The van der Waals surface area contributed by atoms with Gasteiger partial charge in [-0.2, -0.15) is 5.26 Å². The van der Waals surface area contributed by atoms with E-state index in [-0.39, 0.29) is 36.0 Å². The number of nitriles is 1.